The fourth-order valence-corrected chi connectivity index (χ4v) is 3.46. The van der Waals surface area contributed by atoms with Crippen molar-refractivity contribution < 1.29 is 9.53 Å². The SMILES string of the molecule is COC(=O)[C@H](c1ccc2cc(Br)ccc2c1)[C@@H]1CCCN1. The number of esters is 1. The summed E-state index contributed by atoms with van der Waals surface area (Å²) >= 11 is 3.48. The van der Waals surface area contributed by atoms with Gasteiger partial charge in [-0.25, -0.2) is 0 Å². The number of carbonyl (C=O) groups excluding carboxylic acids is 1. The van der Waals surface area contributed by atoms with E-state index in [1.165, 1.54) is 7.11 Å². The molecule has 4 heteroatoms. The molecule has 0 aliphatic carbocycles. The van der Waals surface area contributed by atoms with Gasteiger partial charge in [0.25, 0.3) is 0 Å². The highest BCUT2D eigenvalue weighted by atomic mass is 79.9. The van der Waals surface area contributed by atoms with Gasteiger partial charge in [-0.3, -0.25) is 4.79 Å². The minimum atomic E-state index is -0.231. The molecule has 1 aliphatic rings. The molecule has 21 heavy (non-hydrogen) atoms. The van der Waals surface area contributed by atoms with Crippen molar-refractivity contribution in [2.75, 3.05) is 13.7 Å². The maximum absolute atomic E-state index is 12.2. The molecule has 2 aromatic carbocycles. The number of hydrogen-bond acceptors (Lipinski definition) is 3. The molecule has 0 amide bonds. The van der Waals surface area contributed by atoms with E-state index in [4.69, 9.17) is 4.74 Å². The first kappa shape index (κ1) is 14.5. The minimum Gasteiger partial charge on any atom is -0.469 e. The van der Waals surface area contributed by atoms with Crippen LogP contribution in [0.3, 0.4) is 0 Å². The van der Waals surface area contributed by atoms with Gasteiger partial charge in [0.1, 0.15) is 0 Å². The van der Waals surface area contributed by atoms with Crippen LogP contribution in [0.5, 0.6) is 0 Å². The van der Waals surface area contributed by atoms with Crippen molar-refractivity contribution in [1.29, 1.82) is 0 Å². The molecular weight excluding hydrogens is 330 g/mol. The number of methoxy groups -OCH3 is 1. The molecule has 1 aliphatic heterocycles. The van der Waals surface area contributed by atoms with Crippen LogP contribution in [0.2, 0.25) is 0 Å². The first-order chi connectivity index (χ1) is 10.2. The summed E-state index contributed by atoms with van der Waals surface area (Å²) in [4.78, 5) is 12.2. The molecule has 3 rings (SSSR count). The molecule has 0 saturated carbocycles. The summed E-state index contributed by atoms with van der Waals surface area (Å²) in [6.07, 6.45) is 2.12. The van der Waals surface area contributed by atoms with Crippen LogP contribution in [-0.4, -0.2) is 25.7 Å². The van der Waals surface area contributed by atoms with Crippen LogP contribution in [0, 0.1) is 0 Å². The van der Waals surface area contributed by atoms with Crippen LogP contribution in [0.15, 0.2) is 40.9 Å². The molecule has 0 radical (unpaired) electrons. The summed E-state index contributed by atoms with van der Waals surface area (Å²) in [7, 11) is 1.46. The van der Waals surface area contributed by atoms with Crippen LogP contribution in [0.1, 0.15) is 24.3 Å². The van der Waals surface area contributed by atoms with Gasteiger partial charge in [0.15, 0.2) is 0 Å². The highest BCUT2D eigenvalue weighted by Gasteiger charge is 2.32. The number of hydrogen-bond donors (Lipinski definition) is 1. The molecule has 0 aromatic heterocycles. The summed E-state index contributed by atoms with van der Waals surface area (Å²) in [6.45, 7) is 0.971. The number of carbonyl (C=O) groups is 1. The third kappa shape index (κ3) is 2.97. The van der Waals surface area contributed by atoms with E-state index in [0.717, 1.165) is 40.2 Å². The third-order valence-electron chi connectivity index (χ3n) is 4.14. The first-order valence-corrected chi connectivity index (χ1v) is 7.99. The largest absolute Gasteiger partial charge is 0.469 e. The Bertz CT molecular complexity index is 665. The Kier molecular flexibility index (Phi) is 4.27. The first-order valence-electron chi connectivity index (χ1n) is 7.19. The zero-order chi connectivity index (χ0) is 14.8. The Morgan fingerprint density at radius 3 is 2.76 bits per heavy atom. The summed E-state index contributed by atoms with van der Waals surface area (Å²) < 4.78 is 6.08. The Balaban J connectivity index is 2.01. The van der Waals surface area contributed by atoms with Crippen LogP contribution in [0.4, 0.5) is 0 Å². The van der Waals surface area contributed by atoms with E-state index >= 15 is 0 Å². The smallest absolute Gasteiger partial charge is 0.314 e. The van der Waals surface area contributed by atoms with Gasteiger partial charge in [0, 0.05) is 10.5 Å². The topological polar surface area (TPSA) is 38.3 Å². The molecule has 3 nitrogen and oxygen atoms in total. The highest BCUT2D eigenvalue weighted by molar-refractivity contribution is 9.10. The zero-order valence-corrected chi connectivity index (χ0v) is 13.5. The quantitative estimate of drug-likeness (QED) is 0.862. The van der Waals surface area contributed by atoms with E-state index in [-0.39, 0.29) is 17.9 Å². The van der Waals surface area contributed by atoms with Crippen LogP contribution in [0.25, 0.3) is 10.8 Å². The lowest BCUT2D eigenvalue weighted by Gasteiger charge is -2.22. The maximum Gasteiger partial charge on any atom is 0.314 e. The second-order valence-electron chi connectivity index (χ2n) is 5.45. The van der Waals surface area contributed by atoms with Gasteiger partial charge in [-0.05, 0) is 47.9 Å². The van der Waals surface area contributed by atoms with Crippen molar-refractivity contribution in [3.05, 3.63) is 46.4 Å². The molecule has 0 spiro atoms. The Morgan fingerprint density at radius 1 is 1.29 bits per heavy atom. The molecular formula is C17H18BrNO2. The van der Waals surface area contributed by atoms with E-state index in [1.54, 1.807) is 0 Å². The monoisotopic (exact) mass is 347 g/mol. The van der Waals surface area contributed by atoms with Crippen molar-refractivity contribution in [3.8, 4) is 0 Å². The Labute approximate surface area is 132 Å². The van der Waals surface area contributed by atoms with Crippen LogP contribution >= 0.6 is 15.9 Å². The van der Waals surface area contributed by atoms with Gasteiger partial charge in [-0.1, -0.05) is 40.2 Å². The van der Waals surface area contributed by atoms with Gasteiger partial charge < -0.3 is 10.1 Å². The van der Waals surface area contributed by atoms with Gasteiger partial charge in [0.2, 0.25) is 0 Å². The summed E-state index contributed by atoms with van der Waals surface area (Å²) in [5, 5.41) is 5.72. The number of fused-ring (bicyclic) bond motifs is 1. The molecule has 1 heterocycles. The normalized spacial score (nSPS) is 19.6. The second kappa shape index (κ2) is 6.16. The summed E-state index contributed by atoms with van der Waals surface area (Å²) in [5.74, 6) is -0.392. The lowest BCUT2D eigenvalue weighted by molar-refractivity contribution is -0.143. The van der Waals surface area contributed by atoms with E-state index in [2.05, 4.69) is 45.5 Å². The average Bonchev–Trinajstić information content (AvgIpc) is 3.01. The lowest BCUT2D eigenvalue weighted by atomic mass is 9.89. The fourth-order valence-electron chi connectivity index (χ4n) is 3.08. The van der Waals surface area contributed by atoms with Gasteiger partial charge in [-0.15, -0.1) is 0 Å². The number of ether oxygens (including phenoxy) is 1. The molecule has 2 aromatic rings. The van der Waals surface area contributed by atoms with Crippen molar-refractivity contribution >= 4 is 32.7 Å². The fraction of sp³-hybridized carbons (Fsp3) is 0.353. The van der Waals surface area contributed by atoms with Crippen LogP contribution < -0.4 is 5.32 Å². The highest BCUT2D eigenvalue weighted by Crippen LogP contribution is 2.30. The van der Waals surface area contributed by atoms with E-state index in [9.17, 15) is 4.79 Å². The maximum atomic E-state index is 12.2. The molecule has 1 N–H and O–H groups in total. The summed E-state index contributed by atoms with van der Waals surface area (Å²) in [6, 6.07) is 12.6. The molecule has 0 bridgehead atoms. The second-order valence-corrected chi connectivity index (χ2v) is 6.37. The molecule has 1 saturated heterocycles. The van der Waals surface area contributed by atoms with Crippen LogP contribution in [-0.2, 0) is 9.53 Å². The molecule has 1 fully saturated rings. The summed E-state index contributed by atoms with van der Waals surface area (Å²) in [5.41, 5.74) is 1.02. The number of nitrogens with one attached hydrogen (secondary N) is 1. The number of halogens is 1. The minimum absolute atomic E-state index is 0.161. The van der Waals surface area contributed by atoms with E-state index in [1.807, 2.05) is 12.1 Å². The van der Waals surface area contributed by atoms with Gasteiger partial charge >= 0.3 is 5.97 Å². The Hall–Kier alpha value is -1.39. The predicted octanol–water partition coefficient (Wildman–Crippen LogP) is 3.61. The van der Waals surface area contributed by atoms with E-state index in [0.29, 0.717) is 0 Å². The molecule has 0 unspecified atom stereocenters. The van der Waals surface area contributed by atoms with Crippen molar-refractivity contribution in [2.45, 2.75) is 24.8 Å². The third-order valence-corrected chi connectivity index (χ3v) is 4.63. The van der Waals surface area contributed by atoms with Crippen molar-refractivity contribution in [3.63, 3.8) is 0 Å². The van der Waals surface area contributed by atoms with Gasteiger partial charge in [0.05, 0.1) is 13.0 Å². The average molecular weight is 348 g/mol. The number of rotatable bonds is 3. The molecule has 2 atom stereocenters. The van der Waals surface area contributed by atoms with Gasteiger partial charge in [-0.2, -0.15) is 0 Å². The molecule has 110 valence electrons. The Morgan fingerprint density at radius 2 is 2.05 bits per heavy atom. The van der Waals surface area contributed by atoms with E-state index < -0.39 is 0 Å². The number of benzene rings is 2. The lowest BCUT2D eigenvalue weighted by Crippen LogP contribution is -2.34. The zero-order valence-electron chi connectivity index (χ0n) is 11.9. The van der Waals surface area contributed by atoms with Crippen molar-refractivity contribution in [1.82, 2.24) is 5.32 Å². The standard InChI is InChI=1S/C17H18BrNO2/c1-21-17(20)16(15-3-2-8-19-15)13-5-4-12-10-14(18)7-6-11(12)9-13/h4-7,9-10,15-16,19H,2-3,8H2,1H3/t15-,16+/m0/s1. The van der Waals surface area contributed by atoms with Crippen molar-refractivity contribution in [2.24, 2.45) is 0 Å². The predicted molar refractivity (Wildman–Crippen MR) is 87.4 cm³/mol.